The second-order valence-corrected chi connectivity index (χ2v) is 11.4. The van der Waals surface area contributed by atoms with Gasteiger partial charge in [-0.2, -0.15) is 0 Å². The Hall–Kier alpha value is -3.90. The van der Waals surface area contributed by atoms with Gasteiger partial charge in [-0.05, 0) is 85.0 Å². The summed E-state index contributed by atoms with van der Waals surface area (Å²) in [7, 11) is 0. The van der Waals surface area contributed by atoms with Crippen molar-refractivity contribution in [3.63, 3.8) is 0 Å². The van der Waals surface area contributed by atoms with E-state index in [-0.39, 0.29) is 10.8 Å². The highest BCUT2D eigenvalue weighted by atomic mass is 14.4. The lowest BCUT2D eigenvalue weighted by molar-refractivity contribution is 0.659. The van der Waals surface area contributed by atoms with Crippen molar-refractivity contribution in [2.45, 2.75) is 38.5 Å². The van der Waals surface area contributed by atoms with Gasteiger partial charge < -0.3 is 0 Å². The quantitative estimate of drug-likeness (QED) is 0.245. The molecule has 0 aliphatic heterocycles. The van der Waals surface area contributed by atoms with Gasteiger partial charge in [0.05, 0.1) is 0 Å². The smallest absolute Gasteiger partial charge is 0.0159 e. The van der Waals surface area contributed by atoms with E-state index in [1.54, 1.807) is 0 Å². The van der Waals surface area contributed by atoms with Gasteiger partial charge in [-0.1, -0.05) is 119 Å². The first-order chi connectivity index (χ1) is 17.4. The maximum atomic E-state index is 2.44. The largest absolute Gasteiger partial charge is 0.0622 e. The van der Waals surface area contributed by atoms with Crippen LogP contribution in [0.3, 0.4) is 0 Å². The first kappa shape index (κ1) is 21.4. The molecule has 0 heterocycles. The molecule has 0 fully saturated rings. The SMILES string of the molecule is CC1(C)c2ccccc2-c2ccc(-c3ccc4c(c3)C(C)(C)c3cc(-c5ccccc5)ccc3-4)cc21. The Kier molecular flexibility index (Phi) is 4.34. The van der Waals surface area contributed by atoms with Crippen LogP contribution in [0.25, 0.3) is 44.5 Å². The third-order valence-corrected chi connectivity index (χ3v) is 8.70. The van der Waals surface area contributed by atoms with Gasteiger partial charge in [-0.15, -0.1) is 0 Å². The van der Waals surface area contributed by atoms with E-state index in [0.717, 1.165) is 0 Å². The number of hydrogen-bond donors (Lipinski definition) is 0. The van der Waals surface area contributed by atoms with E-state index >= 15 is 0 Å². The van der Waals surface area contributed by atoms with Crippen molar-refractivity contribution in [3.05, 3.63) is 131 Å². The molecule has 2 aliphatic rings. The molecule has 0 atom stereocenters. The summed E-state index contributed by atoms with van der Waals surface area (Å²) in [5.41, 5.74) is 16.3. The summed E-state index contributed by atoms with van der Waals surface area (Å²) in [4.78, 5) is 0. The van der Waals surface area contributed by atoms with Gasteiger partial charge in [-0.25, -0.2) is 0 Å². The van der Waals surface area contributed by atoms with Crippen LogP contribution < -0.4 is 0 Å². The predicted octanol–water partition coefficient (Wildman–Crippen LogP) is 9.63. The molecule has 5 aromatic rings. The zero-order valence-corrected chi connectivity index (χ0v) is 21.4. The van der Waals surface area contributed by atoms with Gasteiger partial charge in [0.2, 0.25) is 0 Å². The van der Waals surface area contributed by atoms with E-state index < -0.39 is 0 Å². The van der Waals surface area contributed by atoms with Crippen LogP contribution >= 0.6 is 0 Å². The molecule has 0 amide bonds. The predicted molar refractivity (Wildman–Crippen MR) is 152 cm³/mol. The van der Waals surface area contributed by atoms with E-state index in [2.05, 4.69) is 137 Å². The standard InChI is InChI=1S/C36H30/c1-35(2)31-13-9-8-12-27(31)28-18-15-25(21-32(28)35)26-16-19-30-29-17-14-24(23-10-6-5-7-11-23)20-33(29)36(3,4)34(30)22-26/h5-22H,1-4H3. The molecule has 5 aromatic carbocycles. The second-order valence-electron chi connectivity index (χ2n) is 11.4. The summed E-state index contributed by atoms with van der Waals surface area (Å²) in [6.45, 7) is 9.46. The molecule has 0 aromatic heterocycles. The Labute approximate surface area is 214 Å². The number of rotatable bonds is 2. The molecule has 0 saturated heterocycles. The third kappa shape index (κ3) is 2.88. The first-order valence-electron chi connectivity index (χ1n) is 13.0. The average Bonchev–Trinajstić information content (AvgIpc) is 3.28. The minimum atomic E-state index is -0.0439. The molecule has 2 aliphatic carbocycles. The topological polar surface area (TPSA) is 0 Å². The highest BCUT2D eigenvalue weighted by Gasteiger charge is 2.37. The Bertz CT molecular complexity index is 1660. The molecule has 0 radical (unpaired) electrons. The Balaban J connectivity index is 1.32. The first-order valence-corrected chi connectivity index (χ1v) is 13.0. The van der Waals surface area contributed by atoms with Gasteiger partial charge in [0, 0.05) is 10.8 Å². The molecule has 0 spiro atoms. The van der Waals surface area contributed by atoms with Crippen molar-refractivity contribution >= 4 is 0 Å². The lowest BCUT2D eigenvalue weighted by Gasteiger charge is -2.23. The van der Waals surface area contributed by atoms with E-state index in [1.807, 2.05) is 0 Å². The number of hydrogen-bond acceptors (Lipinski definition) is 0. The van der Waals surface area contributed by atoms with Gasteiger partial charge in [0.1, 0.15) is 0 Å². The second kappa shape index (κ2) is 7.31. The van der Waals surface area contributed by atoms with Crippen LogP contribution in [0.5, 0.6) is 0 Å². The Morgan fingerprint density at radius 3 is 1.25 bits per heavy atom. The molecule has 0 N–H and O–H groups in total. The maximum absolute atomic E-state index is 2.44. The van der Waals surface area contributed by atoms with Crippen molar-refractivity contribution in [3.8, 4) is 44.5 Å². The van der Waals surface area contributed by atoms with Crippen molar-refractivity contribution in [2.75, 3.05) is 0 Å². The molecule has 0 bridgehead atoms. The summed E-state index contributed by atoms with van der Waals surface area (Å²) in [5.74, 6) is 0. The molecule has 7 rings (SSSR count). The van der Waals surface area contributed by atoms with Crippen molar-refractivity contribution < 1.29 is 0 Å². The van der Waals surface area contributed by atoms with Crippen molar-refractivity contribution in [1.82, 2.24) is 0 Å². The maximum Gasteiger partial charge on any atom is 0.0159 e. The fourth-order valence-corrected chi connectivity index (χ4v) is 6.61. The van der Waals surface area contributed by atoms with Crippen LogP contribution in [-0.2, 0) is 10.8 Å². The van der Waals surface area contributed by atoms with Crippen molar-refractivity contribution in [2.24, 2.45) is 0 Å². The summed E-state index contributed by atoms with van der Waals surface area (Å²) < 4.78 is 0. The van der Waals surface area contributed by atoms with Crippen molar-refractivity contribution in [1.29, 1.82) is 0 Å². The fourth-order valence-electron chi connectivity index (χ4n) is 6.61. The van der Waals surface area contributed by atoms with Gasteiger partial charge >= 0.3 is 0 Å². The highest BCUT2D eigenvalue weighted by Crippen LogP contribution is 2.52. The lowest BCUT2D eigenvalue weighted by Crippen LogP contribution is -2.15. The molecule has 174 valence electrons. The third-order valence-electron chi connectivity index (χ3n) is 8.70. The molecule has 0 unspecified atom stereocenters. The molecular formula is C36H30. The van der Waals surface area contributed by atoms with Crippen LogP contribution in [0.2, 0.25) is 0 Å². The van der Waals surface area contributed by atoms with E-state index in [9.17, 15) is 0 Å². The monoisotopic (exact) mass is 462 g/mol. The minimum absolute atomic E-state index is 0.0159. The zero-order valence-electron chi connectivity index (χ0n) is 21.4. The zero-order chi connectivity index (χ0) is 24.7. The van der Waals surface area contributed by atoms with Crippen LogP contribution in [0.1, 0.15) is 49.9 Å². The number of fused-ring (bicyclic) bond motifs is 6. The van der Waals surface area contributed by atoms with Gasteiger partial charge in [0.25, 0.3) is 0 Å². The van der Waals surface area contributed by atoms with Gasteiger partial charge in [-0.3, -0.25) is 0 Å². The minimum Gasteiger partial charge on any atom is -0.0622 e. The Morgan fingerprint density at radius 1 is 0.333 bits per heavy atom. The average molecular weight is 463 g/mol. The van der Waals surface area contributed by atoms with Gasteiger partial charge in [0.15, 0.2) is 0 Å². The normalized spacial score (nSPS) is 15.7. The Morgan fingerprint density at radius 2 is 0.722 bits per heavy atom. The van der Waals surface area contributed by atoms with E-state index in [1.165, 1.54) is 66.8 Å². The summed E-state index contributed by atoms with van der Waals surface area (Å²) >= 11 is 0. The molecule has 36 heavy (non-hydrogen) atoms. The van der Waals surface area contributed by atoms with E-state index in [4.69, 9.17) is 0 Å². The lowest BCUT2D eigenvalue weighted by atomic mass is 9.80. The van der Waals surface area contributed by atoms with E-state index in [0.29, 0.717) is 0 Å². The molecular weight excluding hydrogens is 432 g/mol. The van der Waals surface area contributed by atoms with Crippen LogP contribution in [0.4, 0.5) is 0 Å². The van der Waals surface area contributed by atoms with Crippen LogP contribution in [0, 0.1) is 0 Å². The molecule has 0 nitrogen and oxygen atoms in total. The number of benzene rings is 5. The van der Waals surface area contributed by atoms with Crippen LogP contribution in [-0.4, -0.2) is 0 Å². The summed E-state index contributed by atoms with van der Waals surface area (Å²) in [6.07, 6.45) is 0. The molecule has 0 saturated carbocycles. The fraction of sp³-hybridized carbons (Fsp3) is 0.167. The summed E-state index contributed by atoms with van der Waals surface area (Å²) in [6, 6.07) is 40.7. The highest BCUT2D eigenvalue weighted by molar-refractivity contribution is 5.87. The van der Waals surface area contributed by atoms with Crippen LogP contribution in [0.15, 0.2) is 109 Å². The molecule has 0 heteroatoms. The summed E-state index contributed by atoms with van der Waals surface area (Å²) in [5, 5.41) is 0.